The molecular formula is C17H14N6OS. The predicted octanol–water partition coefficient (Wildman–Crippen LogP) is 3.31. The average molecular weight is 350 g/mol. The molecule has 0 amide bonds. The van der Waals surface area contributed by atoms with Crippen molar-refractivity contribution in [3.8, 4) is 17.1 Å². The van der Waals surface area contributed by atoms with Crippen LogP contribution in [0.5, 0.6) is 0 Å². The Morgan fingerprint density at radius 3 is 2.68 bits per heavy atom. The predicted molar refractivity (Wildman–Crippen MR) is 93.2 cm³/mol. The van der Waals surface area contributed by atoms with Crippen LogP contribution in [-0.4, -0.2) is 30.3 Å². The van der Waals surface area contributed by atoms with Gasteiger partial charge in [-0.05, 0) is 35.0 Å². The van der Waals surface area contributed by atoms with Gasteiger partial charge in [-0.25, -0.2) is 0 Å². The van der Waals surface area contributed by atoms with Gasteiger partial charge in [-0.3, -0.25) is 0 Å². The van der Waals surface area contributed by atoms with E-state index in [0.29, 0.717) is 22.6 Å². The van der Waals surface area contributed by atoms with Crippen molar-refractivity contribution in [1.29, 1.82) is 0 Å². The van der Waals surface area contributed by atoms with Crippen molar-refractivity contribution in [3.63, 3.8) is 0 Å². The fraction of sp³-hybridized carbons (Fsp3) is 0.118. The monoisotopic (exact) mass is 350 g/mol. The summed E-state index contributed by atoms with van der Waals surface area (Å²) in [7, 11) is 0. The van der Waals surface area contributed by atoms with Crippen molar-refractivity contribution < 1.29 is 4.52 Å². The third kappa shape index (κ3) is 3.29. The first-order chi connectivity index (χ1) is 12.3. The van der Waals surface area contributed by atoms with Crippen LogP contribution in [0, 0.1) is 6.92 Å². The molecule has 0 saturated carbocycles. The number of tetrazole rings is 1. The zero-order valence-electron chi connectivity index (χ0n) is 13.4. The molecule has 0 aliphatic carbocycles. The Labute approximate surface area is 148 Å². The molecule has 2 aromatic carbocycles. The second kappa shape index (κ2) is 6.86. The maximum Gasteiger partial charge on any atom is 0.237 e. The molecule has 2 heterocycles. The molecule has 0 radical (unpaired) electrons. The van der Waals surface area contributed by atoms with Gasteiger partial charge in [0.05, 0.1) is 11.4 Å². The smallest absolute Gasteiger partial charge is 0.237 e. The molecule has 124 valence electrons. The zero-order chi connectivity index (χ0) is 17.1. The molecule has 0 atom stereocenters. The van der Waals surface area contributed by atoms with E-state index in [2.05, 4.69) is 25.7 Å². The number of thioether (sulfide) groups is 1. The van der Waals surface area contributed by atoms with Gasteiger partial charge in [-0.1, -0.05) is 59.4 Å². The van der Waals surface area contributed by atoms with E-state index in [1.165, 1.54) is 11.8 Å². The largest absolute Gasteiger partial charge is 0.338 e. The first kappa shape index (κ1) is 15.5. The number of rotatable bonds is 5. The van der Waals surface area contributed by atoms with E-state index in [1.54, 1.807) is 4.68 Å². The van der Waals surface area contributed by atoms with Crippen molar-refractivity contribution in [1.82, 2.24) is 30.3 Å². The molecular weight excluding hydrogens is 336 g/mol. The molecule has 8 heteroatoms. The summed E-state index contributed by atoms with van der Waals surface area (Å²) in [6, 6.07) is 17.7. The highest BCUT2D eigenvalue weighted by Gasteiger charge is 2.14. The summed E-state index contributed by atoms with van der Waals surface area (Å²) in [6.45, 7) is 2.02. The number of para-hydroxylation sites is 1. The third-order valence-corrected chi connectivity index (χ3v) is 4.52. The minimum absolute atomic E-state index is 0.492. The van der Waals surface area contributed by atoms with Gasteiger partial charge in [0, 0.05) is 5.56 Å². The molecule has 0 saturated heterocycles. The first-order valence-corrected chi connectivity index (χ1v) is 8.65. The topological polar surface area (TPSA) is 82.5 Å². The number of aryl methyl sites for hydroxylation is 1. The van der Waals surface area contributed by atoms with Crippen LogP contribution in [0.4, 0.5) is 0 Å². The average Bonchev–Trinajstić information content (AvgIpc) is 3.30. The summed E-state index contributed by atoms with van der Waals surface area (Å²) in [6.07, 6.45) is 0. The Kier molecular flexibility index (Phi) is 4.26. The Bertz CT molecular complexity index is 981. The van der Waals surface area contributed by atoms with E-state index in [4.69, 9.17) is 4.52 Å². The summed E-state index contributed by atoms with van der Waals surface area (Å²) >= 11 is 1.44. The zero-order valence-corrected chi connectivity index (χ0v) is 14.2. The van der Waals surface area contributed by atoms with Crippen LogP contribution in [0.15, 0.2) is 64.3 Å². The Morgan fingerprint density at radius 1 is 1.04 bits per heavy atom. The first-order valence-electron chi connectivity index (χ1n) is 7.66. The molecule has 25 heavy (non-hydrogen) atoms. The number of hydrogen-bond acceptors (Lipinski definition) is 7. The number of nitrogens with zero attached hydrogens (tertiary/aromatic N) is 6. The molecule has 4 rings (SSSR count). The molecule has 0 fully saturated rings. The summed E-state index contributed by atoms with van der Waals surface area (Å²) in [5, 5.41) is 16.6. The summed E-state index contributed by atoms with van der Waals surface area (Å²) in [5.74, 6) is 1.62. The fourth-order valence-electron chi connectivity index (χ4n) is 2.37. The van der Waals surface area contributed by atoms with Crippen LogP contribution in [0.3, 0.4) is 0 Å². The third-order valence-electron chi connectivity index (χ3n) is 3.62. The quantitative estimate of drug-likeness (QED) is 0.511. The van der Waals surface area contributed by atoms with Crippen molar-refractivity contribution in [2.75, 3.05) is 0 Å². The molecule has 0 aliphatic heterocycles. The minimum atomic E-state index is 0.492. The normalized spacial score (nSPS) is 10.9. The van der Waals surface area contributed by atoms with Crippen LogP contribution in [0.1, 0.15) is 11.5 Å². The van der Waals surface area contributed by atoms with Gasteiger partial charge in [0.15, 0.2) is 0 Å². The Hall–Kier alpha value is -3.00. The summed E-state index contributed by atoms with van der Waals surface area (Å²) in [4.78, 5) is 4.47. The van der Waals surface area contributed by atoms with Crippen LogP contribution in [-0.2, 0) is 5.75 Å². The van der Waals surface area contributed by atoms with E-state index >= 15 is 0 Å². The molecule has 2 aromatic heterocycles. The number of aromatic nitrogens is 6. The second-order valence-corrected chi connectivity index (χ2v) is 6.27. The highest BCUT2D eigenvalue weighted by molar-refractivity contribution is 7.98. The highest BCUT2D eigenvalue weighted by atomic mass is 32.2. The van der Waals surface area contributed by atoms with Crippen molar-refractivity contribution in [2.24, 2.45) is 0 Å². The lowest BCUT2D eigenvalue weighted by molar-refractivity contribution is 0.391. The molecule has 7 nitrogen and oxygen atoms in total. The second-order valence-electron chi connectivity index (χ2n) is 5.32. The number of hydrogen-bond donors (Lipinski definition) is 0. The van der Waals surface area contributed by atoms with Gasteiger partial charge in [0.1, 0.15) is 0 Å². The van der Waals surface area contributed by atoms with Gasteiger partial charge < -0.3 is 4.52 Å². The van der Waals surface area contributed by atoms with Gasteiger partial charge >= 0.3 is 0 Å². The highest BCUT2D eigenvalue weighted by Crippen LogP contribution is 2.24. The van der Waals surface area contributed by atoms with Crippen LogP contribution in [0.25, 0.3) is 17.1 Å². The lowest BCUT2D eigenvalue weighted by Crippen LogP contribution is -1.98. The maximum absolute atomic E-state index is 5.36. The van der Waals surface area contributed by atoms with Crippen molar-refractivity contribution in [2.45, 2.75) is 17.8 Å². The lowest BCUT2D eigenvalue weighted by atomic mass is 10.1. The lowest BCUT2D eigenvalue weighted by Gasteiger charge is -2.02. The van der Waals surface area contributed by atoms with Crippen LogP contribution in [0.2, 0.25) is 0 Å². The SMILES string of the molecule is Cc1ccccc1-c1noc(CSc2nnnn2-c2ccccc2)n1. The van der Waals surface area contributed by atoms with E-state index in [1.807, 2.05) is 61.5 Å². The van der Waals surface area contributed by atoms with E-state index in [-0.39, 0.29) is 0 Å². The Balaban J connectivity index is 1.50. The van der Waals surface area contributed by atoms with Crippen LogP contribution < -0.4 is 0 Å². The van der Waals surface area contributed by atoms with Gasteiger partial charge in [0.2, 0.25) is 16.9 Å². The standard InChI is InChI=1S/C17H14N6OS/c1-12-7-5-6-10-14(12)16-18-15(24-20-16)11-25-17-19-21-22-23(17)13-8-3-2-4-9-13/h2-10H,11H2,1H3. The van der Waals surface area contributed by atoms with Crippen molar-refractivity contribution in [3.05, 3.63) is 66.1 Å². The molecule has 0 spiro atoms. The molecule has 0 bridgehead atoms. The molecule has 0 N–H and O–H groups in total. The van der Waals surface area contributed by atoms with E-state index < -0.39 is 0 Å². The minimum Gasteiger partial charge on any atom is -0.338 e. The van der Waals surface area contributed by atoms with E-state index in [0.717, 1.165) is 16.8 Å². The summed E-state index contributed by atoms with van der Waals surface area (Å²) < 4.78 is 7.04. The van der Waals surface area contributed by atoms with Crippen LogP contribution >= 0.6 is 11.8 Å². The summed E-state index contributed by atoms with van der Waals surface area (Å²) in [5.41, 5.74) is 2.98. The van der Waals surface area contributed by atoms with Gasteiger partial charge in [0.25, 0.3) is 0 Å². The molecule has 4 aromatic rings. The number of benzene rings is 2. The van der Waals surface area contributed by atoms with Gasteiger partial charge in [-0.15, -0.1) is 5.10 Å². The molecule has 0 aliphatic rings. The van der Waals surface area contributed by atoms with Crippen molar-refractivity contribution >= 4 is 11.8 Å². The fourth-order valence-corrected chi connectivity index (χ4v) is 3.10. The Morgan fingerprint density at radius 2 is 1.84 bits per heavy atom. The van der Waals surface area contributed by atoms with Gasteiger partial charge in [-0.2, -0.15) is 9.67 Å². The van der Waals surface area contributed by atoms with E-state index in [9.17, 15) is 0 Å². The maximum atomic E-state index is 5.36. The molecule has 0 unspecified atom stereocenters.